The predicted molar refractivity (Wildman–Crippen MR) is 99.1 cm³/mol. The maximum atomic E-state index is 12.6. The van der Waals surface area contributed by atoms with Crippen molar-refractivity contribution in [3.05, 3.63) is 34.0 Å². The standard InChI is InChI=1S/C20H26N2O2S/c1-15(23)22(13-16-6-11-25-14-16)18-12-20(18)7-9-21(10-8-20)19(24)17-4-2-3-5-17/h4,6,11,14,18H,2-3,5,7-10,12-13H2,1H3. The number of nitrogens with zero attached hydrogens (tertiary/aromatic N) is 2. The van der Waals surface area contributed by atoms with E-state index in [0.717, 1.165) is 63.7 Å². The Balaban J connectivity index is 1.37. The van der Waals surface area contributed by atoms with Gasteiger partial charge >= 0.3 is 0 Å². The molecule has 4 nitrogen and oxygen atoms in total. The van der Waals surface area contributed by atoms with Crippen LogP contribution in [0.1, 0.15) is 51.0 Å². The van der Waals surface area contributed by atoms with Gasteiger partial charge in [-0.25, -0.2) is 0 Å². The minimum atomic E-state index is 0.169. The molecule has 2 fully saturated rings. The van der Waals surface area contributed by atoms with E-state index in [9.17, 15) is 9.59 Å². The number of likely N-dealkylation sites (tertiary alicyclic amines) is 1. The predicted octanol–water partition coefficient (Wildman–Crippen LogP) is 3.59. The van der Waals surface area contributed by atoms with Crippen molar-refractivity contribution in [1.29, 1.82) is 0 Å². The molecule has 2 aliphatic carbocycles. The summed E-state index contributed by atoms with van der Waals surface area (Å²) in [6.07, 6.45) is 8.40. The van der Waals surface area contributed by atoms with Crippen molar-refractivity contribution in [2.45, 2.75) is 58.0 Å². The van der Waals surface area contributed by atoms with E-state index in [1.165, 1.54) is 5.56 Å². The largest absolute Gasteiger partial charge is 0.339 e. The summed E-state index contributed by atoms with van der Waals surface area (Å²) in [6, 6.07) is 2.46. The molecular formula is C20H26N2O2S. The minimum Gasteiger partial charge on any atom is -0.339 e. The lowest BCUT2D eigenvalue weighted by molar-refractivity contribution is -0.132. The van der Waals surface area contributed by atoms with Crippen LogP contribution in [-0.2, 0) is 16.1 Å². The third-order valence-corrected chi connectivity index (χ3v) is 6.95. The van der Waals surface area contributed by atoms with E-state index >= 15 is 0 Å². The number of amides is 2. The van der Waals surface area contributed by atoms with Gasteiger partial charge in [0.1, 0.15) is 0 Å². The van der Waals surface area contributed by atoms with Crippen molar-refractivity contribution >= 4 is 23.2 Å². The molecule has 0 aromatic carbocycles. The molecule has 1 atom stereocenters. The van der Waals surface area contributed by atoms with Crippen LogP contribution in [0, 0.1) is 5.41 Å². The maximum Gasteiger partial charge on any atom is 0.249 e. The maximum absolute atomic E-state index is 12.6. The van der Waals surface area contributed by atoms with Crippen LogP contribution in [0.5, 0.6) is 0 Å². The smallest absolute Gasteiger partial charge is 0.249 e. The van der Waals surface area contributed by atoms with Crippen LogP contribution in [0.4, 0.5) is 0 Å². The summed E-state index contributed by atoms with van der Waals surface area (Å²) in [5, 5.41) is 4.19. The van der Waals surface area contributed by atoms with Gasteiger partial charge in [0.15, 0.2) is 0 Å². The number of hydrogen-bond donors (Lipinski definition) is 0. The van der Waals surface area contributed by atoms with Gasteiger partial charge in [0, 0.05) is 38.2 Å². The van der Waals surface area contributed by atoms with Crippen LogP contribution < -0.4 is 0 Å². The van der Waals surface area contributed by atoms with Gasteiger partial charge in [-0.05, 0) is 66.3 Å². The average Bonchev–Trinajstić information content (AvgIpc) is 3.07. The highest BCUT2D eigenvalue weighted by Gasteiger charge is 2.58. The Hall–Kier alpha value is -1.62. The highest BCUT2D eigenvalue weighted by atomic mass is 32.1. The summed E-state index contributed by atoms with van der Waals surface area (Å²) in [4.78, 5) is 28.8. The molecule has 134 valence electrons. The van der Waals surface area contributed by atoms with Crippen molar-refractivity contribution < 1.29 is 9.59 Å². The molecule has 1 aromatic rings. The SMILES string of the molecule is CC(=O)N(Cc1ccsc1)C1CC12CCN(C(=O)C1=CCCC1)CC2. The molecule has 1 spiro atoms. The molecule has 25 heavy (non-hydrogen) atoms. The van der Waals surface area contributed by atoms with Gasteiger partial charge in [0.2, 0.25) is 11.8 Å². The van der Waals surface area contributed by atoms with E-state index in [0.29, 0.717) is 6.04 Å². The Morgan fingerprint density at radius 1 is 1.36 bits per heavy atom. The summed E-state index contributed by atoms with van der Waals surface area (Å²) in [6.45, 7) is 4.10. The first-order valence-electron chi connectivity index (χ1n) is 9.36. The van der Waals surface area contributed by atoms with E-state index in [-0.39, 0.29) is 17.2 Å². The Morgan fingerprint density at radius 2 is 2.16 bits per heavy atom. The Labute approximate surface area is 153 Å². The highest BCUT2D eigenvalue weighted by Crippen LogP contribution is 2.57. The molecule has 2 amide bonds. The second kappa shape index (κ2) is 6.60. The fourth-order valence-corrected chi connectivity index (χ4v) is 5.21. The second-order valence-corrected chi connectivity index (χ2v) is 8.55. The van der Waals surface area contributed by atoms with Crippen molar-refractivity contribution in [2.24, 2.45) is 5.41 Å². The van der Waals surface area contributed by atoms with Crippen LogP contribution in [-0.4, -0.2) is 40.7 Å². The third kappa shape index (κ3) is 3.26. The van der Waals surface area contributed by atoms with Gasteiger partial charge in [-0.3, -0.25) is 9.59 Å². The molecule has 2 heterocycles. The molecule has 0 radical (unpaired) electrons. The quantitative estimate of drug-likeness (QED) is 0.825. The molecule has 0 N–H and O–H groups in total. The van der Waals surface area contributed by atoms with Crippen molar-refractivity contribution in [3.63, 3.8) is 0 Å². The van der Waals surface area contributed by atoms with Gasteiger partial charge < -0.3 is 9.80 Å². The summed E-state index contributed by atoms with van der Waals surface area (Å²) in [5.41, 5.74) is 2.50. The molecule has 1 aliphatic heterocycles. The van der Waals surface area contributed by atoms with Gasteiger partial charge in [0.25, 0.3) is 0 Å². The number of carbonyl (C=O) groups excluding carboxylic acids is 2. The molecule has 0 bridgehead atoms. The van der Waals surface area contributed by atoms with Gasteiger partial charge in [-0.1, -0.05) is 6.08 Å². The number of carbonyl (C=O) groups is 2. The van der Waals surface area contributed by atoms with Gasteiger partial charge in [0.05, 0.1) is 0 Å². The normalized spacial score (nSPS) is 24.3. The first kappa shape index (κ1) is 16.8. The number of allylic oxidation sites excluding steroid dienone is 1. The van der Waals surface area contributed by atoms with Crippen LogP contribution in [0.2, 0.25) is 0 Å². The number of thiophene rings is 1. The Bertz CT molecular complexity index is 687. The molecule has 1 saturated heterocycles. The van der Waals surface area contributed by atoms with E-state index in [1.807, 2.05) is 4.90 Å². The highest BCUT2D eigenvalue weighted by molar-refractivity contribution is 7.07. The Kier molecular flexibility index (Phi) is 4.44. The van der Waals surface area contributed by atoms with E-state index in [1.54, 1.807) is 18.3 Å². The molecule has 1 saturated carbocycles. The molecule has 3 aliphatic rings. The lowest BCUT2D eigenvalue weighted by Crippen LogP contribution is -2.42. The summed E-state index contributed by atoms with van der Waals surface area (Å²) < 4.78 is 0. The zero-order valence-electron chi connectivity index (χ0n) is 14.9. The number of hydrogen-bond acceptors (Lipinski definition) is 3. The Morgan fingerprint density at radius 3 is 2.76 bits per heavy atom. The first-order chi connectivity index (χ1) is 12.1. The second-order valence-electron chi connectivity index (χ2n) is 7.77. The van der Waals surface area contributed by atoms with Crippen LogP contribution in [0.15, 0.2) is 28.5 Å². The summed E-state index contributed by atoms with van der Waals surface area (Å²) in [7, 11) is 0. The molecule has 1 unspecified atom stereocenters. The molecule has 1 aromatic heterocycles. The van der Waals surface area contributed by atoms with Gasteiger partial charge in [-0.2, -0.15) is 11.3 Å². The van der Waals surface area contributed by atoms with E-state index < -0.39 is 0 Å². The van der Waals surface area contributed by atoms with E-state index in [4.69, 9.17) is 0 Å². The molecule has 4 rings (SSSR count). The first-order valence-corrected chi connectivity index (χ1v) is 10.3. The van der Waals surface area contributed by atoms with E-state index in [2.05, 4.69) is 27.8 Å². The fourth-order valence-electron chi connectivity index (χ4n) is 4.55. The van der Waals surface area contributed by atoms with Crippen molar-refractivity contribution in [3.8, 4) is 0 Å². The zero-order valence-corrected chi connectivity index (χ0v) is 15.7. The summed E-state index contributed by atoms with van der Waals surface area (Å²) in [5.74, 6) is 0.425. The summed E-state index contributed by atoms with van der Waals surface area (Å²) >= 11 is 1.68. The number of piperidine rings is 1. The lowest BCUT2D eigenvalue weighted by atomic mass is 9.91. The van der Waals surface area contributed by atoms with Crippen LogP contribution in [0.3, 0.4) is 0 Å². The topological polar surface area (TPSA) is 40.6 Å². The fraction of sp³-hybridized carbons (Fsp3) is 0.600. The van der Waals surface area contributed by atoms with Crippen LogP contribution >= 0.6 is 11.3 Å². The zero-order chi connectivity index (χ0) is 17.4. The third-order valence-electron chi connectivity index (χ3n) is 6.22. The van der Waals surface area contributed by atoms with Crippen LogP contribution in [0.25, 0.3) is 0 Å². The van der Waals surface area contributed by atoms with Crippen molar-refractivity contribution in [1.82, 2.24) is 9.80 Å². The average molecular weight is 359 g/mol. The van der Waals surface area contributed by atoms with Crippen molar-refractivity contribution in [2.75, 3.05) is 13.1 Å². The monoisotopic (exact) mass is 358 g/mol. The van der Waals surface area contributed by atoms with Gasteiger partial charge in [-0.15, -0.1) is 0 Å². The molecule has 5 heteroatoms. The number of rotatable bonds is 4. The minimum absolute atomic E-state index is 0.169. The lowest BCUT2D eigenvalue weighted by Gasteiger charge is -2.35. The molecular weight excluding hydrogens is 332 g/mol.